The van der Waals surface area contributed by atoms with Crippen molar-refractivity contribution in [3.8, 4) is 0 Å². The molecular weight excluding hydrogens is 282 g/mol. The Morgan fingerprint density at radius 2 is 1.90 bits per heavy atom. The molecule has 1 fully saturated rings. The van der Waals surface area contributed by atoms with Crippen molar-refractivity contribution in [1.82, 2.24) is 15.0 Å². The highest BCUT2D eigenvalue weighted by Gasteiger charge is 2.28. The molecule has 0 atom stereocenters. The van der Waals surface area contributed by atoms with E-state index in [-0.39, 0.29) is 0 Å². The average molecular weight is 301 g/mol. The fourth-order valence-corrected chi connectivity index (χ4v) is 3.25. The lowest BCUT2D eigenvalue weighted by Gasteiger charge is -2.11. The smallest absolute Gasteiger partial charge is 0.147 e. The average Bonchev–Trinajstić information content (AvgIpc) is 3.24. The molecule has 1 aliphatic rings. The van der Waals surface area contributed by atoms with E-state index in [0.717, 1.165) is 27.1 Å². The van der Waals surface area contributed by atoms with Crippen LogP contribution in [0, 0.1) is 20.8 Å². The molecule has 0 saturated heterocycles. The number of hydrogen-bond acceptors (Lipinski definition) is 6. The van der Waals surface area contributed by atoms with Gasteiger partial charge in [0.2, 0.25) is 0 Å². The number of anilines is 1. The molecule has 5 nitrogen and oxygen atoms in total. The van der Waals surface area contributed by atoms with E-state index in [1.165, 1.54) is 18.4 Å². The number of nitrogens with zero attached hydrogens (tertiary/aromatic N) is 3. The first-order valence-corrected chi connectivity index (χ1v) is 7.86. The molecule has 1 saturated carbocycles. The van der Waals surface area contributed by atoms with E-state index in [2.05, 4.69) is 34.5 Å². The van der Waals surface area contributed by atoms with Crippen LogP contribution < -0.4 is 11.3 Å². The summed E-state index contributed by atoms with van der Waals surface area (Å²) in [5, 5.41) is 1.89. The maximum Gasteiger partial charge on any atom is 0.147 e. The molecule has 21 heavy (non-hydrogen) atoms. The van der Waals surface area contributed by atoms with E-state index in [1.54, 1.807) is 11.8 Å². The van der Waals surface area contributed by atoms with Crippen LogP contribution in [0.3, 0.4) is 0 Å². The van der Waals surface area contributed by atoms with E-state index < -0.39 is 0 Å². The second kappa shape index (κ2) is 5.61. The van der Waals surface area contributed by atoms with Gasteiger partial charge in [-0.05, 0) is 63.1 Å². The minimum Gasteiger partial charge on any atom is -0.308 e. The number of hydrazine groups is 1. The molecule has 0 bridgehead atoms. The number of nitrogens with two attached hydrogens (primary N) is 1. The Kier molecular flexibility index (Phi) is 3.82. The Morgan fingerprint density at radius 3 is 2.52 bits per heavy atom. The molecule has 110 valence electrons. The number of nitrogens with one attached hydrogen (secondary N) is 1. The van der Waals surface area contributed by atoms with Gasteiger partial charge in [0.05, 0.1) is 0 Å². The van der Waals surface area contributed by atoms with Crippen molar-refractivity contribution >= 4 is 17.6 Å². The second-order valence-corrected chi connectivity index (χ2v) is 6.51. The van der Waals surface area contributed by atoms with Crippen molar-refractivity contribution in [2.24, 2.45) is 5.84 Å². The normalized spacial score (nSPS) is 14.3. The number of pyridine rings is 1. The lowest BCUT2D eigenvalue weighted by atomic mass is 10.3. The summed E-state index contributed by atoms with van der Waals surface area (Å²) in [4.78, 5) is 13.8. The Balaban J connectivity index is 1.98. The summed E-state index contributed by atoms with van der Waals surface area (Å²) >= 11 is 1.57. The molecule has 0 aliphatic heterocycles. The summed E-state index contributed by atoms with van der Waals surface area (Å²) in [6.07, 6.45) is 2.33. The van der Waals surface area contributed by atoms with E-state index in [1.807, 2.05) is 13.8 Å². The first-order chi connectivity index (χ1) is 10.1. The Bertz CT molecular complexity index is 662. The van der Waals surface area contributed by atoms with Gasteiger partial charge in [0, 0.05) is 17.2 Å². The number of aryl methyl sites for hydroxylation is 2. The molecule has 0 amide bonds. The minimum atomic E-state index is 0.490. The van der Waals surface area contributed by atoms with Crippen molar-refractivity contribution in [2.75, 3.05) is 5.43 Å². The van der Waals surface area contributed by atoms with Crippen LogP contribution in [-0.2, 0) is 0 Å². The molecule has 2 aromatic heterocycles. The summed E-state index contributed by atoms with van der Waals surface area (Å²) < 4.78 is 0. The van der Waals surface area contributed by atoms with Gasteiger partial charge in [-0.15, -0.1) is 0 Å². The highest BCUT2D eigenvalue weighted by molar-refractivity contribution is 7.99. The fourth-order valence-electron chi connectivity index (χ4n) is 2.23. The standard InChI is InChI=1S/C15H19N5S/c1-8-6-9(2)17-12(7-8)21-15-10(3)13(20-16)18-14(19-15)11-4-5-11/h6-7,11H,4-5,16H2,1-3H3,(H,18,19,20). The molecular formula is C15H19N5S. The van der Waals surface area contributed by atoms with Crippen molar-refractivity contribution in [3.63, 3.8) is 0 Å². The molecule has 0 radical (unpaired) electrons. The van der Waals surface area contributed by atoms with Crippen LogP contribution in [0.5, 0.6) is 0 Å². The van der Waals surface area contributed by atoms with Crippen LogP contribution in [-0.4, -0.2) is 15.0 Å². The van der Waals surface area contributed by atoms with E-state index in [4.69, 9.17) is 10.8 Å². The predicted octanol–water partition coefficient (Wildman–Crippen LogP) is 3.11. The number of rotatable bonds is 4. The summed E-state index contributed by atoms with van der Waals surface area (Å²) in [6, 6.07) is 4.14. The zero-order valence-electron chi connectivity index (χ0n) is 12.5. The van der Waals surface area contributed by atoms with Gasteiger partial charge in [0.1, 0.15) is 21.7 Å². The van der Waals surface area contributed by atoms with Gasteiger partial charge >= 0.3 is 0 Å². The third kappa shape index (κ3) is 3.16. The Hall–Kier alpha value is -1.66. The van der Waals surface area contributed by atoms with E-state index in [0.29, 0.717) is 11.7 Å². The van der Waals surface area contributed by atoms with Gasteiger partial charge in [-0.25, -0.2) is 20.8 Å². The SMILES string of the molecule is Cc1cc(C)nc(Sc2nc(C3CC3)nc(NN)c2C)c1. The maximum atomic E-state index is 5.59. The van der Waals surface area contributed by atoms with Crippen LogP contribution in [0.25, 0.3) is 0 Å². The molecule has 2 heterocycles. The lowest BCUT2D eigenvalue weighted by Crippen LogP contribution is -2.13. The minimum absolute atomic E-state index is 0.490. The molecule has 0 aromatic carbocycles. The topological polar surface area (TPSA) is 76.7 Å². The second-order valence-electron chi connectivity index (χ2n) is 5.51. The maximum absolute atomic E-state index is 5.59. The summed E-state index contributed by atoms with van der Waals surface area (Å²) in [6.45, 7) is 6.07. The molecule has 1 aliphatic carbocycles. The largest absolute Gasteiger partial charge is 0.308 e. The quantitative estimate of drug-likeness (QED) is 0.513. The number of aromatic nitrogens is 3. The van der Waals surface area contributed by atoms with Crippen LogP contribution in [0.15, 0.2) is 22.2 Å². The zero-order chi connectivity index (χ0) is 15.0. The third-order valence-electron chi connectivity index (χ3n) is 3.47. The third-order valence-corrected chi connectivity index (χ3v) is 4.48. The molecule has 0 unspecified atom stereocenters. The highest BCUT2D eigenvalue weighted by atomic mass is 32.2. The van der Waals surface area contributed by atoms with Crippen molar-refractivity contribution in [3.05, 3.63) is 34.8 Å². The van der Waals surface area contributed by atoms with Crippen molar-refractivity contribution in [1.29, 1.82) is 0 Å². The van der Waals surface area contributed by atoms with Gasteiger partial charge in [-0.2, -0.15) is 0 Å². The summed E-state index contributed by atoms with van der Waals surface area (Å²) in [5.74, 6) is 7.67. The summed E-state index contributed by atoms with van der Waals surface area (Å²) in [5.41, 5.74) is 5.87. The van der Waals surface area contributed by atoms with Crippen LogP contribution >= 0.6 is 11.8 Å². The first kappa shape index (κ1) is 14.3. The molecule has 3 N–H and O–H groups in total. The molecule has 6 heteroatoms. The van der Waals surface area contributed by atoms with Gasteiger partial charge in [-0.3, -0.25) is 0 Å². The fraction of sp³-hybridized carbons (Fsp3) is 0.400. The van der Waals surface area contributed by atoms with Gasteiger partial charge in [0.15, 0.2) is 0 Å². The lowest BCUT2D eigenvalue weighted by molar-refractivity contribution is 0.860. The van der Waals surface area contributed by atoms with Crippen LogP contribution in [0.1, 0.15) is 41.4 Å². The van der Waals surface area contributed by atoms with Crippen LogP contribution in [0.2, 0.25) is 0 Å². The summed E-state index contributed by atoms with van der Waals surface area (Å²) in [7, 11) is 0. The van der Waals surface area contributed by atoms with Gasteiger partial charge < -0.3 is 5.43 Å². The van der Waals surface area contributed by atoms with Gasteiger partial charge in [0.25, 0.3) is 0 Å². The highest BCUT2D eigenvalue weighted by Crippen LogP contribution is 2.40. The Morgan fingerprint density at radius 1 is 1.14 bits per heavy atom. The van der Waals surface area contributed by atoms with Gasteiger partial charge in [-0.1, -0.05) is 0 Å². The molecule has 2 aromatic rings. The molecule has 0 spiro atoms. The van der Waals surface area contributed by atoms with Crippen molar-refractivity contribution < 1.29 is 0 Å². The monoisotopic (exact) mass is 301 g/mol. The predicted molar refractivity (Wildman–Crippen MR) is 84.4 cm³/mol. The number of nitrogen functional groups attached to an aromatic ring is 1. The molecule has 3 rings (SSSR count). The van der Waals surface area contributed by atoms with E-state index >= 15 is 0 Å². The zero-order valence-corrected chi connectivity index (χ0v) is 13.3. The van der Waals surface area contributed by atoms with Crippen molar-refractivity contribution in [2.45, 2.75) is 49.6 Å². The van der Waals surface area contributed by atoms with E-state index in [9.17, 15) is 0 Å². The van der Waals surface area contributed by atoms with Crippen LogP contribution in [0.4, 0.5) is 5.82 Å². The number of hydrogen-bond donors (Lipinski definition) is 2. The Labute approximate surface area is 128 Å². The first-order valence-electron chi connectivity index (χ1n) is 7.05.